The Morgan fingerprint density at radius 3 is 2.62 bits per heavy atom. The number of hydrazone groups is 1. The predicted octanol–water partition coefficient (Wildman–Crippen LogP) is 5.88. The zero-order chi connectivity index (χ0) is 22.7. The smallest absolute Gasteiger partial charge is 0.259 e. The van der Waals surface area contributed by atoms with Crippen molar-refractivity contribution in [3.8, 4) is 5.69 Å². The molecule has 0 spiro atoms. The number of carbonyl (C=O) groups excluding carboxylic acids is 1. The summed E-state index contributed by atoms with van der Waals surface area (Å²) in [6.45, 7) is 6.32. The van der Waals surface area contributed by atoms with Crippen LogP contribution in [0.2, 0.25) is 0 Å². The number of nitrogens with one attached hydrogen (secondary N) is 2. The third-order valence-corrected chi connectivity index (χ3v) is 6.36. The van der Waals surface area contributed by atoms with Crippen molar-refractivity contribution in [2.24, 2.45) is 5.10 Å². The molecule has 1 heterocycles. The molecule has 1 aromatic heterocycles. The number of benzene rings is 3. The molecule has 0 radical (unpaired) electrons. The van der Waals surface area contributed by atoms with Crippen molar-refractivity contribution in [3.05, 3.63) is 93.7 Å². The van der Waals surface area contributed by atoms with E-state index in [1.165, 1.54) is 5.56 Å². The minimum Gasteiger partial charge on any atom is -0.376 e. The number of amides is 1. The van der Waals surface area contributed by atoms with Crippen LogP contribution in [0.1, 0.15) is 22.5 Å². The summed E-state index contributed by atoms with van der Waals surface area (Å²) in [7, 11) is 0. The molecule has 0 bridgehead atoms. The minimum atomic E-state index is -0.203. The summed E-state index contributed by atoms with van der Waals surface area (Å²) in [5.41, 5.74) is 8.94. The number of aromatic nitrogens is 1. The number of hydrogen-bond acceptors (Lipinski definition) is 3. The largest absolute Gasteiger partial charge is 0.376 e. The quantitative estimate of drug-likeness (QED) is 0.263. The SMILES string of the molecule is Cc1ccc(-n2c(C)cc(/C=N\NC(=O)CNc3cccc4ccccc34)c2C)cc1Br. The Labute approximate surface area is 196 Å². The molecule has 0 atom stereocenters. The Morgan fingerprint density at radius 1 is 1.03 bits per heavy atom. The number of nitrogens with zero attached hydrogens (tertiary/aromatic N) is 2. The normalized spacial score (nSPS) is 11.2. The van der Waals surface area contributed by atoms with Gasteiger partial charge >= 0.3 is 0 Å². The predicted molar refractivity (Wildman–Crippen MR) is 136 cm³/mol. The molecule has 0 saturated heterocycles. The molecule has 0 unspecified atom stereocenters. The van der Waals surface area contributed by atoms with Crippen LogP contribution < -0.4 is 10.7 Å². The van der Waals surface area contributed by atoms with E-state index in [2.05, 4.69) is 86.6 Å². The first kappa shape index (κ1) is 21.8. The van der Waals surface area contributed by atoms with E-state index in [-0.39, 0.29) is 12.5 Å². The maximum Gasteiger partial charge on any atom is 0.259 e. The maximum atomic E-state index is 12.3. The van der Waals surface area contributed by atoms with Gasteiger partial charge in [-0.05, 0) is 56.0 Å². The first-order valence-corrected chi connectivity index (χ1v) is 11.2. The standard InChI is InChI=1S/C26H25BrN4O/c1-17-11-12-22(14-24(17)27)31-18(2)13-21(19(31)3)15-29-30-26(32)16-28-25-10-6-8-20-7-4-5-9-23(20)25/h4-15,28H,16H2,1-3H3,(H,30,32)/b29-15-. The molecule has 0 aliphatic carbocycles. The molecule has 1 amide bonds. The molecular weight excluding hydrogens is 464 g/mol. The van der Waals surface area contributed by atoms with E-state index in [4.69, 9.17) is 0 Å². The molecule has 5 nitrogen and oxygen atoms in total. The van der Waals surface area contributed by atoms with E-state index in [1.54, 1.807) is 6.21 Å². The topological polar surface area (TPSA) is 58.4 Å². The van der Waals surface area contributed by atoms with Gasteiger partial charge in [0.1, 0.15) is 0 Å². The van der Waals surface area contributed by atoms with Gasteiger partial charge in [-0.3, -0.25) is 4.79 Å². The number of carbonyl (C=O) groups is 1. The summed E-state index contributed by atoms with van der Waals surface area (Å²) >= 11 is 3.61. The molecule has 0 fully saturated rings. The van der Waals surface area contributed by atoms with E-state index >= 15 is 0 Å². The molecule has 0 aliphatic heterocycles. The van der Waals surface area contributed by atoms with Gasteiger partial charge in [0.25, 0.3) is 5.91 Å². The fourth-order valence-corrected chi connectivity index (χ4v) is 4.17. The van der Waals surface area contributed by atoms with Gasteiger partial charge in [-0.1, -0.05) is 58.4 Å². The van der Waals surface area contributed by atoms with E-state index in [9.17, 15) is 4.79 Å². The number of hydrogen-bond donors (Lipinski definition) is 2. The Bertz CT molecular complexity index is 1320. The van der Waals surface area contributed by atoms with Crippen molar-refractivity contribution in [2.75, 3.05) is 11.9 Å². The van der Waals surface area contributed by atoms with Crippen molar-refractivity contribution in [1.82, 2.24) is 9.99 Å². The van der Waals surface area contributed by atoms with Crippen LogP contribution in [0.25, 0.3) is 16.5 Å². The van der Waals surface area contributed by atoms with Crippen LogP contribution in [0, 0.1) is 20.8 Å². The molecule has 2 N–H and O–H groups in total. The Morgan fingerprint density at radius 2 is 1.81 bits per heavy atom. The first-order valence-electron chi connectivity index (χ1n) is 10.4. The molecule has 162 valence electrons. The molecule has 3 aromatic carbocycles. The van der Waals surface area contributed by atoms with Crippen LogP contribution in [-0.4, -0.2) is 23.2 Å². The van der Waals surface area contributed by atoms with Crippen molar-refractivity contribution >= 4 is 44.5 Å². The third-order valence-electron chi connectivity index (χ3n) is 5.51. The highest BCUT2D eigenvalue weighted by molar-refractivity contribution is 9.10. The summed E-state index contributed by atoms with van der Waals surface area (Å²) < 4.78 is 3.25. The van der Waals surface area contributed by atoms with Gasteiger partial charge in [0, 0.05) is 38.2 Å². The second-order valence-corrected chi connectivity index (χ2v) is 8.62. The number of anilines is 1. The Balaban J connectivity index is 1.41. The summed E-state index contributed by atoms with van der Waals surface area (Å²) in [6.07, 6.45) is 1.69. The van der Waals surface area contributed by atoms with Crippen LogP contribution in [0.4, 0.5) is 5.69 Å². The van der Waals surface area contributed by atoms with Crippen LogP contribution in [0.5, 0.6) is 0 Å². The summed E-state index contributed by atoms with van der Waals surface area (Å²) in [4.78, 5) is 12.3. The molecule has 0 saturated carbocycles. The van der Waals surface area contributed by atoms with Gasteiger partial charge in [-0.25, -0.2) is 5.43 Å². The molecule has 32 heavy (non-hydrogen) atoms. The van der Waals surface area contributed by atoms with Gasteiger partial charge in [0.05, 0.1) is 12.8 Å². The number of aryl methyl sites for hydroxylation is 2. The van der Waals surface area contributed by atoms with Crippen molar-refractivity contribution in [2.45, 2.75) is 20.8 Å². The highest BCUT2D eigenvalue weighted by atomic mass is 79.9. The number of rotatable bonds is 6. The lowest BCUT2D eigenvalue weighted by Crippen LogP contribution is -2.25. The Kier molecular flexibility index (Phi) is 6.42. The van der Waals surface area contributed by atoms with Gasteiger partial charge in [0.2, 0.25) is 0 Å². The minimum absolute atomic E-state index is 0.141. The molecule has 4 rings (SSSR count). The number of halogens is 1. The first-order chi connectivity index (χ1) is 15.4. The van der Waals surface area contributed by atoms with Crippen LogP contribution in [0.15, 0.2) is 76.3 Å². The van der Waals surface area contributed by atoms with Crippen LogP contribution in [-0.2, 0) is 4.79 Å². The average molecular weight is 489 g/mol. The highest BCUT2D eigenvalue weighted by Crippen LogP contribution is 2.25. The van der Waals surface area contributed by atoms with Gasteiger partial charge in [-0.15, -0.1) is 0 Å². The van der Waals surface area contributed by atoms with Crippen LogP contribution >= 0.6 is 15.9 Å². The van der Waals surface area contributed by atoms with Crippen molar-refractivity contribution in [1.29, 1.82) is 0 Å². The van der Waals surface area contributed by atoms with Crippen LogP contribution in [0.3, 0.4) is 0 Å². The third kappa shape index (κ3) is 4.60. The monoisotopic (exact) mass is 488 g/mol. The molecule has 6 heteroatoms. The Hall–Kier alpha value is -3.38. The summed E-state index contributed by atoms with van der Waals surface area (Å²) in [5, 5.41) is 9.58. The second-order valence-electron chi connectivity index (χ2n) is 7.77. The summed E-state index contributed by atoms with van der Waals surface area (Å²) in [5.74, 6) is -0.203. The van der Waals surface area contributed by atoms with Crippen molar-refractivity contribution < 1.29 is 4.79 Å². The lowest BCUT2D eigenvalue weighted by atomic mass is 10.1. The van der Waals surface area contributed by atoms with E-state index in [1.807, 2.05) is 37.3 Å². The van der Waals surface area contributed by atoms with E-state index in [0.717, 1.165) is 43.6 Å². The van der Waals surface area contributed by atoms with E-state index < -0.39 is 0 Å². The average Bonchev–Trinajstić information content (AvgIpc) is 3.07. The van der Waals surface area contributed by atoms with Crippen molar-refractivity contribution in [3.63, 3.8) is 0 Å². The lowest BCUT2D eigenvalue weighted by Gasteiger charge is -2.11. The lowest BCUT2D eigenvalue weighted by molar-refractivity contribution is -0.119. The number of fused-ring (bicyclic) bond motifs is 1. The second kappa shape index (κ2) is 9.40. The van der Waals surface area contributed by atoms with Gasteiger partial charge in [-0.2, -0.15) is 5.10 Å². The van der Waals surface area contributed by atoms with E-state index in [0.29, 0.717) is 0 Å². The zero-order valence-electron chi connectivity index (χ0n) is 18.3. The maximum absolute atomic E-state index is 12.3. The molecule has 0 aliphatic rings. The molecular formula is C26H25BrN4O. The molecule has 4 aromatic rings. The summed E-state index contributed by atoms with van der Waals surface area (Å²) in [6, 6.07) is 22.4. The van der Waals surface area contributed by atoms with Gasteiger partial charge < -0.3 is 9.88 Å². The zero-order valence-corrected chi connectivity index (χ0v) is 19.9. The fraction of sp³-hybridized carbons (Fsp3) is 0.154. The highest BCUT2D eigenvalue weighted by Gasteiger charge is 2.10. The fourth-order valence-electron chi connectivity index (χ4n) is 3.80. The van der Waals surface area contributed by atoms with Gasteiger partial charge in [0.15, 0.2) is 0 Å².